The maximum absolute atomic E-state index is 4.44. The fourth-order valence-corrected chi connectivity index (χ4v) is 5.44. The standard InChI is InChI=1S/C24H26N6/c1-29-19-5-4-6-20(29)14-17(13-19)16-9-11-18(12-10-16)30-15-23(26-28-30)24-21-7-2-3-8-22(21)25-27-24/h2-3,7-12,15,17,19-20H,4-6,13-14H2,1H3,(H,25,27)/t17-,19-,20+. The predicted molar refractivity (Wildman–Crippen MR) is 118 cm³/mol. The molecule has 0 aliphatic carbocycles. The molecule has 0 spiro atoms. The molecule has 2 saturated heterocycles. The molecule has 2 bridgehead atoms. The van der Waals surface area contributed by atoms with Gasteiger partial charge in [0.2, 0.25) is 0 Å². The summed E-state index contributed by atoms with van der Waals surface area (Å²) < 4.78 is 1.84. The van der Waals surface area contributed by atoms with Crippen LogP contribution in [0, 0.1) is 0 Å². The zero-order chi connectivity index (χ0) is 20.1. The number of nitrogens with zero attached hydrogens (tertiary/aromatic N) is 5. The maximum Gasteiger partial charge on any atom is 0.134 e. The highest BCUT2D eigenvalue weighted by Crippen LogP contribution is 2.40. The van der Waals surface area contributed by atoms with Gasteiger partial charge in [-0.3, -0.25) is 5.10 Å². The molecule has 30 heavy (non-hydrogen) atoms. The van der Waals surface area contributed by atoms with Gasteiger partial charge in [0, 0.05) is 17.5 Å². The Labute approximate surface area is 175 Å². The van der Waals surface area contributed by atoms with Gasteiger partial charge in [0.05, 0.1) is 17.4 Å². The molecule has 4 heterocycles. The van der Waals surface area contributed by atoms with E-state index in [1.165, 1.54) is 37.7 Å². The molecule has 0 unspecified atom stereocenters. The van der Waals surface area contributed by atoms with Crippen LogP contribution in [0.5, 0.6) is 0 Å². The number of hydrogen-bond acceptors (Lipinski definition) is 4. The lowest BCUT2D eigenvalue weighted by atomic mass is 9.76. The molecule has 6 rings (SSSR count). The Hall–Kier alpha value is -2.99. The van der Waals surface area contributed by atoms with E-state index in [9.17, 15) is 0 Å². The van der Waals surface area contributed by atoms with Crippen molar-refractivity contribution < 1.29 is 0 Å². The van der Waals surface area contributed by atoms with Crippen molar-refractivity contribution in [1.82, 2.24) is 30.1 Å². The number of fused-ring (bicyclic) bond motifs is 3. The van der Waals surface area contributed by atoms with Crippen LogP contribution in [0.3, 0.4) is 0 Å². The molecule has 152 valence electrons. The lowest BCUT2D eigenvalue weighted by Crippen LogP contribution is -2.49. The summed E-state index contributed by atoms with van der Waals surface area (Å²) in [6, 6.07) is 18.5. The molecule has 2 fully saturated rings. The van der Waals surface area contributed by atoms with Crippen LogP contribution in [0.4, 0.5) is 0 Å². The number of piperidine rings is 2. The third-order valence-corrected chi connectivity index (χ3v) is 7.18. The zero-order valence-electron chi connectivity index (χ0n) is 17.2. The highest BCUT2D eigenvalue weighted by atomic mass is 15.4. The Morgan fingerprint density at radius 1 is 0.967 bits per heavy atom. The van der Waals surface area contributed by atoms with Gasteiger partial charge in [-0.1, -0.05) is 42.0 Å². The largest absolute Gasteiger partial charge is 0.300 e. The van der Waals surface area contributed by atoms with Crippen LogP contribution in [0.25, 0.3) is 28.0 Å². The summed E-state index contributed by atoms with van der Waals surface area (Å²) in [6.45, 7) is 0. The first-order valence-corrected chi connectivity index (χ1v) is 10.9. The fraction of sp³-hybridized carbons (Fsp3) is 0.375. The monoisotopic (exact) mass is 398 g/mol. The van der Waals surface area contributed by atoms with Gasteiger partial charge >= 0.3 is 0 Å². The lowest BCUT2D eigenvalue weighted by Gasteiger charge is -2.47. The summed E-state index contributed by atoms with van der Waals surface area (Å²) in [5.41, 5.74) is 5.12. The van der Waals surface area contributed by atoms with Crippen LogP contribution in [0.2, 0.25) is 0 Å². The van der Waals surface area contributed by atoms with Crippen LogP contribution < -0.4 is 0 Å². The summed E-state index contributed by atoms with van der Waals surface area (Å²) >= 11 is 0. The number of nitrogens with one attached hydrogen (secondary N) is 1. The van der Waals surface area contributed by atoms with Crippen molar-refractivity contribution in [3.05, 3.63) is 60.3 Å². The first kappa shape index (κ1) is 17.8. The van der Waals surface area contributed by atoms with Gasteiger partial charge in [-0.25, -0.2) is 4.68 Å². The van der Waals surface area contributed by atoms with Gasteiger partial charge in [-0.15, -0.1) is 5.10 Å². The Bertz CT molecular complexity index is 1160. The minimum absolute atomic E-state index is 0.673. The van der Waals surface area contributed by atoms with E-state index in [1.807, 2.05) is 29.1 Å². The van der Waals surface area contributed by atoms with Gasteiger partial charge in [0.15, 0.2) is 0 Å². The Morgan fingerprint density at radius 2 is 1.73 bits per heavy atom. The smallest absolute Gasteiger partial charge is 0.134 e. The molecular formula is C24H26N6. The molecule has 2 aliphatic rings. The van der Waals surface area contributed by atoms with Gasteiger partial charge in [0.25, 0.3) is 0 Å². The number of rotatable bonds is 3. The summed E-state index contributed by atoms with van der Waals surface area (Å²) in [7, 11) is 2.32. The summed E-state index contributed by atoms with van der Waals surface area (Å²) in [6.07, 6.45) is 8.62. The highest BCUT2D eigenvalue weighted by molar-refractivity contribution is 5.91. The number of hydrogen-bond donors (Lipinski definition) is 1. The van der Waals surface area contributed by atoms with Gasteiger partial charge in [0.1, 0.15) is 11.4 Å². The van der Waals surface area contributed by atoms with Crippen molar-refractivity contribution in [1.29, 1.82) is 0 Å². The van der Waals surface area contributed by atoms with E-state index in [0.29, 0.717) is 5.92 Å². The van der Waals surface area contributed by atoms with E-state index in [4.69, 9.17) is 0 Å². The average Bonchev–Trinajstić information content (AvgIpc) is 3.41. The van der Waals surface area contributed by atoms with Crippen molar-refractivity contribution >= 4 is 10.9 Å². The number of aromatic amines is 1. The van der Waals surface area contributed by atoms with Crippen molar-refractivity contribution in [3.63, 3.8) is 0 Å². The van der Waals surface area contributed by atoms with E-state index < -0.39 is 0 Å². The summed E-state index contributed by atoms with van der Waals surface area (Å²) in [4.78, 5) is 2.63. The Balaban J connectivity index is 1.24. The number of aromatic nitrogens is 5. The van der Waals surface area contributed by atoms with Gasteiger partial charge < -0.3 is 4.90 Å². The molecule has 2 aromatic carbocycles. The molecule has 6 heteroatoms. The van der Waals surface area contributed by atoms with E-state index in [0.717, 1.165) is 40.1 Å². The van der Waals surface area contributed by atoms with Crippen molar-refractivity contribution in [2.75, 3.05) is 7.05 Å². The molecule has 6 nitrogen and oxygen atoms in total. The second-order valence-electron chi connectivity index (χ2n) is 8.83. The predicted octanol–water partition coefficient (Wildman–Crippen LogP) is 4.54. The SMILES string of the molecule is CN1[C@@H]2CCC[C@H]1C[C@H](c1ccc(-n3cc(-c4n[nH]c5ccccc45)nn3)cc1)C2. The second kappa shape index (κ2) is 7.06. The molecule has 2 aromatic heterocycles. The highest BCUT2D eigenvalue weighted by Gasteiger charge is 2.36. The minimum Gasteiger partial charge on any atom is -0.300 e. The minimum atomic E-state index is 0.673. The average molecular weight is 399 g/mol. The van der Waals surface area contributed by atoms with E-state index >= 15 is 0 Å². The molecule has 3 atom stereocenters. The van der Waals surface area contributed by atoms with E-state index in [-0.39, 0.29) is 0 Å². The van der Waals surface area contributed by atoms with E-state index in [1.54, 1.807) is 0 Å². The first-order valence-electron chi connectivity index (χ1n) is 10.9. The molecule has 4 aromatic rings. The topological polar surface area (TPSA) is 62.6 Å². The van der Waals surface area contributed by atoms with Crippen LogP contribution in [0.15, 0.2) is 54.7 Å². The molecule has 0 radical (unpaired) electrons. The summed E-state index contributed by atoms with van der Waals surface area (Å²) in [5.74, 6) is 0.673. The number of H-pyrrole nitrogens is 1. The number of para-hydroxylation sites is 1. The van der Waals surface area contributed by atoms with Crippen molar-refractivity contribution in [3.8, 4) is 17.1 Å². The lowest BCUT2D eigenvalue weighted by molar-refractivity contribution is 0.0555. The van der Waals surface area contributed by atoms with Crippen LogP contribution >= 0.6 is 0 Å². The van der Waals surface area contributed by atoms with Crippen LogP contribution in [0.1, 0.15) is 43.6 Å². The van der Waals surface area contributed by atoms with Crippen molar-refractivity contribution in [2.24, 2.45) is 0 Å². The van der Waals surface area contributed by atoms with Gasteiger partial charge in [-0.2, -0.15) is 5.10 Å². The number of benzene rings is 2. The van der Waals surface area contributed by atoms with Crippen LogP contribution in [-0.4, -0.2) is 49.2 Å². The molecule has 1 N–H and O–H groups in total. The van der Waals surface area contributed by atoms with E-state index in [2.05, 4.69) is 62.8 Å². The first-order chi connectivity index (χ1) is 14.8. The maximum atomic E-state index is 4.44. The zero-order valence-corrected chi connectivity index (χ0v) is 17.2. The van der Waals surface area contributed by atoms with Crippen molar-refractivity contribution in [2.45, 2.75) is 50.1 Å². The third-order valence-electron chi connectivity index (χ3n) is 7.18. The molecule has 0 amide bonds. The van der Waals surface area contributed by atoms with Crippen LogP contribution in [-0.2, 0) is 0 Å². The fourth-order valence-electron chi connectivity index (χ4n) is 5.44. The third kappa shape index (κ3) is 2.94. The molecule has 0 saturated carbocycles. The Kier molecular flexibility index (Phi) is 4.20. The normalized spacial score (nSPS) is 24.4. The molecule has 2 aliphatic heterocycles. The van der Waals surface area contributed by atoms with Gasteiger partial charge in [-0.05, 0) is 62.4 Å². The quantitative estimate of drug-likeness (QED) is 0.550. The molecular weight excluding hydrogens is 372 g/mol. The second-order valence-corrected chi connectivity index (χ2v) is 8.83. The summed E-state index contributed by atoms with van der Waals surface area (Å²) in [5, 5.41) is 17.3. The Morgan fingerprint density at radius 3 is 2.53 bits per heavy atom.